The van der Waals surface area contributed by atoms with Crippen molar-refractivity contribution < 1.29 is 52.5 Å². The molecule has 0 radical (unpaired) electrons. The number of hydrogen-bond acceptors (Lipinski definition) is 15. The Morgan fingerprint density at radius 3 is 2.40 bits per heavy atom. The van der Waals surface area contributed by atoms with Crippen LogP contribution < -0.4 is 10.7 Å². The third-order valence-electron chi connectivity index (χ3n) is 12.4. The van der Waals surface area contributed by atoms with Crippen LogP contribution in [-0.2, 0) is 44.5 Å². The van der Waals surface area contributed by atoms with E-state index in [2.05, 4.69) is 20.9 Å². The summed E-state index contributed by atoms with van der Waals surface area (Å²) in [7, 11) is 5.19. The van der Waals surface area contributed by atoms with Gasteiger partial charge in [0.05, 0.1) is 23.9 Å². The molecular weight excluding hydrogens is 800 g/mol. The van der Waals surface area contributed by atoms with Gasteiger partial charge in [0.2, 0.25) is 17.6 Å². The van der Waals surface area contributed by atoms with Gasteiger partial charge < -0.3 is 43.5 Å². The van der Waals surface area contributed by atoms with Crippen molar-refractivity contribution in [1.82, 2.24) is 30.8 Å². The maximum atomic E-state index is 14.4. The molecule has 60 heavy (non-hydrogen) atoms. The van der Waals surface area contributed by atoms with Crippen molar-refractivity contribution in [3.8, 4) is 11.4 Å². The van der Waals surface area contributed by atoms with E-state index in [9.17, 15) is 24.3 Å². The van der Waals surface area contributed by atoms with Crippen LogP contribution in [-0.4, -0.2) is 137 Å². The summed E-state index contributed by atoms with van der Waals surface area (Å²) in [5, 5.41) is 20.5. The lowest BCUT2D eigenvalue weighted by Gasteiger charge is -2.46. The first kappa shape index (κ1) is 47.3. The molecule has 5 rings (SSSR count). The molecule has 334 valence electrons. The number of amides is 2. The number of nitrogens with zero attached hydrogens (tertiary/aromatic N) is 4. The van der Waals surface area contributed by atoms with Gasteiger partial charge in [-0.2, -0.15) is 4.98 Å². The van der Waals surface area contributed by atoms with E-state index in [1.165, 1.54) is 19.0 Å². The topological polar surface area (TPSA) is 204 Å². The third-order valence-corrected chi connectivity index (χ3v) is 12.6. The third kappa shape index (κ3) is 10.1. The van der Waals surface area contributed by atoms with E-state index >= 15 is 0 Å². The summed E-state index contributed by atoms with van der Waals surface area (Å²) in [5.74, 6) is -3.82. The number of hydrazine groups is 1. The van der Waals surface area contributed by atoms with Gasteiger partial charge in [-0.05, 0) is 98.7 Å². The van der Waals surface area contributed by atoms with E-state index in [1.54, 1.807) is 65.8 Å². The van der Waals surface area contributed by atoms with Gasteiger partial charge in [-0.1, -0.05) is 37.5 Å². The van der Waals surface area contributed by atoms with Crippen LogP contribution in [0.2, 0.25) is 5.02 Å². The number of esters is 1. The number of aryl methyl sites for hydroxylation is 1. The van der Waals surface area contributed by atoms with E-state index in [1.807, 2.05) is 25.9 Å². The number of hydrogen-bond donors (Lipinski definition) is 3. The number of likely N-dealkylation sites (N-methyl/N-ethyl adjacent to an activating group) is 1. The Morgan fingerprint density at radius 1 is 1.08 bits per heavy atom. The van der Waals surface area contributed by atoms with Crippen LogP contribution in [0.5, 0.6) is 0 Å². The molecule has 2 aromatic rings. The Balaban J connectivity index is 1.40. The molecule has 2 amide bonds. The number of benzene rings is 1. The first-order valence-electron chi connectivity index (χ1n) is 20.8. The van der Waals surface area contributed by atoms with Crippen LogP contribution >= 0.6 is 11.6 Å². The van der Waals surface area contributed by atoms with Crippen LogP contribution in [0.4, 0.5) is 4.79 Å². The van der Waals surface area contributed by atoms with E-state index in [4.69, 9.17) is 39.8 Å². The van der Waals surface area contributed by atoms with E-state index in [0.29, 0.717) is 36.0 Å². The predicted octanol–water partition coefficient (Wildman–Crippen LogP) is 4.33. The number of ether oxygens (including phenoxy) is 5. The van der Waals surface area contributed by atoms with Crippen molar-refractivity contribution in [3.05, 3.63) is 35.2 Å². The molecule has 17 nitrogen and oxygen atoms in total. The standard InChI is InChI=1S/C42H63ClN6O11/c1-12-30-42(8)34(49(40(54)59-42)44-19-13-14-31-46-36(47-60-31)27-15-17-28(43)18-16-27)26(6)45-37(52)22(2)21-41(7,55-11)35(24(4)32(50)25(5)38(53)57-30)58-39-33(51)29(48(9)10)20-23(3)56-39/h15-18,22-26,29-30,33-35,39,44,51H,12-14,19-21H2,1-11H3,(H,45,52)/t22-,23-,24-,25-,26?,29+,30+,33-,34-,35-,39+,41+,42-/m1/s1. The number of methoxy groups -OCH3 is 1. The monoisotopic (exact) mass is 862 g/mol. The highest BCUT2D eigenvalue weighted by molar-refractivity contribution is 6.30. The molecule has 3 N–H and O–H groups in total. The smallest absolute Gasteiger partial charge is 0.425 e. The molecular formula is C42H63ClN6O11. The highest BCUT2D eigenvalue weighted by Crippen LogP contribution is 2.39. The van der Waals surface area contributed by atoms with E-state index in [0.717, 1.165) is 5.56 Å². The summed E-state index contributed by atoms with van der Waals surface area (Å²) in [6.45, 7) is 13.9. The van der Waals surface area contributed by atoms with Crippen molar-refractivity contribution in [2.75, 3.05) is 27.7 Å². The molecule has 1 aromatic heterocycles. The molecule has 3 aliphatic heterocycles. The van der Waals surface area contributed by atoms with Gasteiger partial charge in [-0.15, -0.1) is 0 Å². The van der Waals surface area contributed by atoms with Gasteiger partial charge in [-0.3, -0.25) is 14.4 Å². The van der Waals surface area contributed by atoms with Crippen LogP contribution in [0.15, 0.2) is 28.8 Å². The van der Waals surface area contributed by atoms with Crippen molar-refractivity contribution in [1.29, 1.82) is 0 Å². The van der Waals surface area contributed by atoms with Crippen molar-refractivity contribution >= 4 is 35.4 Å². The van der Waals surface area contributed by atoms with Gasteiger partial charge in [0.15, 0.2) is 17.7 Å². The van der Waals surface area contributed by atoms with Gasteiger partial charge >= 0.3 is 12.1 Å². The molecule has 0 spiro atoms. The van der Waals surface area contributed by atoms with Crippen LogP contribution in [0, 0.1) is 17.8 Å². The lowest BCUT2D eigenvalue weighted by Crippen LogP contribution is -2.63. The lowest BCUT2D eigenvalue weighted by molar-refractivity contribution is -0.295. The van der Waals surface area contributed by atoms with Gasteiger partial charge in [0, 0.05) is 48.5 Å². The SMILES string of the molecule is CC[C@@H]1OC(=O)[C@H](C)C(=O)[C@@H](C)[C@@H](O[C@@H]2O[C@H](C)C[C@H](N(C)C)[C@H]2O)[C@@](C)(OC)C[C@@H](C)C(=O)NC(C)[C@H]2N(NCCCc3nc(-c4ccc(Cl)cc4)no3)C(=O)O[C@]12C. The zero-order valence-corrected chi connectivity index (χ0v) is 37.4. The molecule has 3 saturated heterocycles. The second-order valence-electron chi connectivity index (χ2n) is 17.2. The Morgan fingerprint density at radius 2 is 1.77 bits per heavy atom. The summed E-state index contributed by atoms with van der Waals surface area (Å²) in [6, 6.07) is 5.16. The molecule has 18 heteroatoms. The number of aliphatic hydroxyl groups excluding tert-OH is 1. The number of rotatable bonds is 11. The number of Topliss-reactive ketones (excluding diaryl/α,β-unsaturated/α-hetero) is 1. The highest BCUT2D eigenvalue weighted by Gasteiger charge is 2.59. The molecule has 4 heterocycles. The Kier molecular flexibility index (Phi) is 15.4. The number of halogens is 1. The summed E-state index contributed by atoms with van der Waals surface area (Å²) in [4.78, 5) is 62.6. The highest BCUT2D eigenvalue weighted by atomic mass is 35.5. The summed E-state index contributed by atoms with van der Waals surface area (Å²) in [6.07, 6.45) is -3.58. The maximum absolute atomic E-state index is 14.4. The fourth-order valence-electron chi connectivity index (χ4n) is 8.88. The maximum Gasteiger partial charge on any atom is 0.425 e. The molecule has 0 aliphatic carbocycles. The Hall–Kier alpha value is -3.71. The average molecular weight is 863 g/mol. The van der Waals surface area contributed by atoms with E-state index < -0.39 is 83.5 Å². The second-order valence-corrected chi connectivity index (χ2v) is 17.6. The quantitative estimate of drug-likeness (QED) is 0.164. The molecule has 13 atom stereocenters. The molecule has 3 aliphatic rings. The van der Waals surface area contributed by atoms with Gasteiger partial charge in [-0.25, -0.2) is 15.2 Å². The number of carbonyl (C=O) groups is 4. The number of carbonyl (C=O) groups excluding carboxylic acids is 4. The molecule has 3 fully saturated rings. The minimum absolute atomic E-state index is 0.0744. The summed E-state index contributed by atoms with van der Waals surface area (Å²) < 4.78 is 36.4. The molecule has 0 bridgehead atoms. The van der Waals surface area contributed by atoms with E-state index in [-0.39, 0.29) is 37.4 Å². The van der Waals surface area contributed by atoms with Crippen molar-refractivity contribution in [2.24, 2.45) is 17.8 Å². The zero-order chi connectivity index (χ0) is 44.3. The number of ketones is 1. The number of fused-ring (bicyclic) bond motifs is 1. The van der Waals surface area contributed by atoms with Gasteiger partial charge in [0.25, 0.3) is 0 Å². The molecule has 1 aromatic carbocycles. The van der Waals surface area contributed by atoms with Gasteiger partial charge in [0.1, 0.15) is 24.2 Å². The Bertz CT molecular complexity index is 1820. The fourth-order valence-corrected chi connectivity index (χ4v) is 9.00. The predicted molar refractivity (Wildman–Crippen MR) is 219 cm³/mol. The number of aromatic nitrogens is 2. The lowest BCUT2D eigenvalue weighted by atomic mass is 9.78. The second kappa shape index (κ2) is 19.6. The Labute approximate surface area is 357 Å². The largest absolute Gasteiger partial charge is 0.457 e. The minimum Gasteiger partial charge on any atom is -0.457 e. The van der Waals surface area contributed by atoms with Crippen LogP contribution in [0.1, 0.15) is 87.0 Å². The fraction of sp³-hybridized carbons (Fsp3) is 0.714. The first-order chi connectivity index (χ1) is 28.2. The number of nitrogens with one attached hydrogen (secondary N) is 2. The van der Waals surface area contributed by atoms with Crippen molar-refractivity contribution in [3.63, 3.8) is 0 Å². The zero-order valence-electron chi connectivity index (χ0n) is 36.6. The molecule has 1 unspecified atom stereocenters. The number of aliphatic hydroxyl groups is 1. The average Bonchev–Trinajstić information content (AvgIpc) is 3.78. The summed E-state index contributed by atoms with van der Waals surface area (Å²) in [5.41, 5.74) is 1.15. The first-order valence-corrected chi connectivity index (χ1v) is 21.2. The normalized spacial score (nSPS) is 36.0. The van der Waals surface area contributed by atoms with Crippen molar-refractivity contribution in [2.45, 2.75) is 148 Å². The van der Waals surface area contributed by atoms with Crippen LogP contribution in [0.25, 0.3) is 11.4 Å². The minimum atomic E-state index is -1.47. The summed E-state index contributed by atoms with van der Waals surface area (Å²) >= 11 is 6.01. The molecule has 0 saturated carbocycles. The van der Waals surface area contributed by atoms with Crippen LogP contribution in [0.3, 0.4) is 0 Å². The number of cyclic esters (lactones) is 1.